The first kappa shape index (κ1) is 17.1. The van der Waals surface area contributed by atoms with Crippen molar-refractivity contribution < 1.29 is 18.7 Å². The van der Waals surface area contributed by atoms with Crippen molar-refractivity contribution in [2.24, 2.45) is 0 Å². The van der Waals surface area contributed by atoms with Crippen molar-refractivity contribution in [3.05, 3.63) is 54.0 Å². The topological polar surface area (TPSA) is 55.2 Å². The predicted octanol–water partition coefficient (Wildman–Crippen LogP) is 2.41. The number of morpholine rings is 1. The third-order valence-corrected chi connectivity index (χ3v) is 4.86. The van der Waals surface area contributed by atoms with E-state index in [0.29, 0.717) is 18.7 Å². The van der Waals surface area contributed by atoms with Gasteiger partial charge in [0.2, 0.25) is 0 Å². The third-order valence-electron chi connectivity index (χ3n) is 4.86. The third kappa shape index (κ3) is 4.08. The number of likely N-dealkylation sites (tertiary alicyclic amines) is 1. The van der Waals surface area contributed by atoms with Gasteiger partial charge in [-0.3, -0.25) is 9.69 Å². The maximum absolute atomic E-state index is 12.7. The van der Waals surface area contributed by atoms with E-state index in [2.05, 4.69) is 4.90 Å². The number of furan rings is 1. The smallest absolute Gasteiger partial charge is 0.257 e. The summed E-state index contributed by atoms with van der Waals surface area (Å²) in [7, 11) is 0. The van der Waals surface area contributed by atoms with Crippen LogP contribution in [0.4, 0.5) is 0 Å². The Morgan fingerprint density at radius 1 is 1.15 bits per heavy atom. The van der Waals surface area contributed by atoms with Crippen molar-refractivity contribution in [1.82, 2.24) is 9.80 Å². The van der Waals surface area contributed by atoms with Crippen LogP contribution in [0.2, 0.25) is 0 Å². The van der Waals surface area contributed by atoms with Gasteiger partial charge in [0.05, 0.1) is 31.9 Å². The van der Waals surface area contributed by atoms with Crippen LogP contribution in [0.3, 0.4) is 0 Å². The molecule has 0 spiro atoms. The van der Waals surface area contributed by atoms with Crippen molar-refractivity contribution in [2.75, 3.05) is 39.4 Å². The summed E-state index contributed by atoms with van der Waals surface area (Å²) in [4.78, 5) is 16.8. The predicted molar refractivity (Wildman–Crippen MR) is 96.2 cm³/mol. The molecule has 26 heavy (non-hydrogen) atoms. The molecule has 3 heterocycles. The number of hydrogen-bond donors (Lipinski definition) is 0. The lowest BCUT2D eigenvalue weighted by atomic mass is 10.2. The molecule has 2 fully saturated rings. The molecule has 0 N–H and O–H groups in total. The minimum Gasteiger partial charge on any atom is -0.489 e. The fourth-order valence-corrected chi connectivity index (χ4v) is 3.44. The van der Waals surface area contributed by atoms with Crippen molar-refractivity contribution in [2.45, 2.75) is 19.1 Å². The molecule has 2 aromatic rings. The first-order chi connectivity index (χ1) is 12.8. The summed E-state index contributed by atoms with van der Waals surface area (Å²) < 4.78 is 16.9. The Balaban J connectivity index is 1.32. The number of carbonyl (C=O) groups excluding carboxylic acids is 1. The first-order valence-electron chi connectivity index (χ1n) is 9.16. The van der Waals surface area contributed by atoms with Crippen LogP contribution in [-0.2, 0) is 11.3 Å². The van der Waals surface area contributed by atoms with Gasteiger partial charge >= 0.3 is 0 Å². The SMILES string of the molecule is O=C(c1coc(CN2CCOCC2)c1)N1CC[C@@H](Oc2ccccc2)C1. The van der Waals surface area contributed by atoms with Gasteiger partial charge in [0.15, 0.2) is 0 Å². The highest BCUT2D eigenvalue weighted by molar-refractivity contribution is 5.94. The number of ether oxygens (including phenoxy) is 2. The number of rotatable bonds is 5. The zero-order chi connectivity index (χ0) is 17.8. The highest BCUT2D eigenvalue weighted by atomic mass is 16.5. The van der Waals surface area contributed by atoms with Crippen LogP contribution >= 0.6 is 0 Å². The molecular formula is C20H24N2O4. The Hall–Kier alpha value is -2.31. The van der Waals surface area contributed by atoms with Crippen LogP contribution in [0, 0.1) is 0 Å². The number of nitrogens with zero attached hydrogens (tertiary/aromatic N) is 2. The van der Waals surface area contributed by atoms with E-state index in [0.717, 1.165) is 50.8 Å². The number of carbonyl (C=O) groups is 1. The Morgan fingerprint density at radius 2 is 1.96 bits per heavy atom. The van der Waals surface area contributed by atoms with Crippen LogP contribution in [0.1, 0.15) is 22.5 Å². The van der Waals surface area contributed by atoms with Crippen molar-refractivity contribution in [1.29, 1.82) is 0 Å². The van der Waals surface area contributed by atoms with E-state index in [1.807, 2.05) is 41.3 Å². The second-order valence-electron chi connectivity index (χ2n) is 6.78. The molecule has 2 aliphatic heterocycles. The summed E-state index contributed by atoms with van der Waals surface area (Å²) >= 11 is 0. The number of hydrogen-bond acceptors (Lipinski definition) is 5. The molecular weight excluding hydrogens is 332 g/mol. The van der Waals surface area contributed by atoms with E-state index in [-0.39, 0.29) is 12.0 Å². The van der Waals surface area contributed by atoms with Crippen molar-refractivity contribution >= 4 is 5.91 Å². The normalized spacial score (nSPS) is 21.1. The molecule has 1 aromatic heterocycles. The van der Waals surface area contributed by atoms with Gasteiger partial charge in [-0.25, -0.2) is 0 Å². The largest absolute Gasteiger partial charge is 0.489 e. The summed E-state index contributed by atoms with van der Waals surface area (Å²) in [5.41, 5.74) is 0.619. The highest BCUT2D eigenvalue weighted by Gasteiger charge is 2.29. The van der Waals surface area contributed by atoms with Gasteiger partial charge in [-0.05, 0) is 18.2 Å². The molecule has 0 bridgehead atoms. The lowest BCUT2D eigenvalue weighted by Crippen LogP contribution is -2.35. The van der Waals surface area contributed by atoms with Gasteiger partial charge in [-0.15, -0.1) is 0 Å². The van der Waals surface area contributed by atoms with Crippen molar-refractivity contribution in [3.8, 4) is 5.75 Å². The van der Waals surface area contributed by atoms with Gasteiger partial charge in [-0.1, -0.05) is 18.2 Å². The molecule has 0 unspecified atom stereocenters. The number of amides is 1. The fraction of sp³-hybridized carbons (Fsp3) is 0.450. The second kappa shape index (κ2) is 7.93. The lowest BCUT2D eigenvalue weighted by Gasteiger charge is -2.25. The molecule has 0 aliphatic carbocycles. The molecule has 0 radical (unpaired) electrons. The first-order valence-corrected chi connectivity index (χ1v) is 9.16. The Labute approximate surface area is 153 Å². The summed E-state index contributed by atoms with van der Waals surface area (Å²) in [6.45, 7) is 5.34. The molecule has 6 nitrogen and oxygen atoms in total. The monoisotopic (exact) mass is 356 g/mol. The zero-order valence-corrected chi connectivity index (χ0v) is 14.8. The Morgan fingerprint density at radius 3 is 2.77 bits per heavy atom. The van der Waals surface area contributed by atoms with Gasteiger partial charge in [-0.2, -0.15) is 0 Å². The van der Waals surface area contributed by atoms with E-state index >= 15 is 0 Å². The molecule has 2 aliphatic rings. The molecule has 1 atom stereocenters. The van der Waals surface area contributed by atoms with Crippen LogP contribution in [0.5, 0.6) is 5.75 Å². The maximum atomic E-state index is 12.7. The van der Waals surface area contributed by atoms with Gasteiger partial charge in [0.25, 0.3) is 5.91 Å². The van der Waals surface area contributed by atoms with Gasteiger partial charge < -0.3 is 18.8 Å². The molecule has 138 valence electrons. The van der Waals surface area contributed by atoms with Crippen LogP contribution < -0.4 is 4.74 Å². The molecule has 1 aromatic carbocycles. The van der Waals surface area contributed by atoms with Crippen molar-refractivity contribution in [3.63, 3.8) is 0 Å². The minimum atomic E-state index is 0.0149. The van der Waals surface area contributed by atoms with Crippen LogP contribution in [0.15, 0.2) is 47.1 Å². The minimum absolute atomic E-state index is 0.0149. The molecule has 0 saturated carbocycles. The standard InChI is InChI=1S/C20H24N2O4/c23-20(16-12-19(25-15-16)13-21-8-10-24-11-9-21)22-7-6-18(14-22)26-17-4-2-1-3-5-17/h1-5,12,15,18H,6-11,13-14H2/t18-/m1/s1. The van der Waals surface area contributed by atoms with Gasteiger partial charge in [0, 0.05) is 26.1 Å². The van der Waals surface area contributed by atoms with E-state index in [4.69, 9.17) is 13.9 Å². The summed E-state index contributed by atoms with van der Waals surface area (Å²) in [6.07, 6.45) is 2.46. The Bertz CT molecular complexity index is 724. The number of benzene rings is 1. The molecule has 6 heteroatoms. The van der Waals surface area contributed by atoms with E-state index < -0.39 is 0 Å². The number of para-hydroxylation sites is 1. The van der Waals surface area contributed by atoms with Gasteiger partial charge in [0.1, 0.15) is 23.9 Å². The second-order valence-corrected chi connectivity index (χ2v) is 6.78. The molecule has 1 amide bonds. The van der Waals surface area contributed by atoms with Crippen LogP contribution in [-0.4, -0.2) is 61.2 Å². The Kier molecular flexibility index (Phi) is 5.22. The van der Waals surface area contributed by atoms with E-state index in [1.54, 1.807) is 6.26 Å². The lowest BCUT2D eigenvalue weighted by molar-refractivity contribution is 0.0313. The van der Waals surface area contributed by atoms with Crippen LogP contribution in [0.25, 0.3) is 0 Å². The maximum Gasteiger partial charge on any atom is 0.257 e. The van der Waals surface area contributed by atoms with E-state index in [9.17, 15) is 4.79 Å². The highest BCUT2D eigenvalue weighted by Crippen LogP contribution is 2.21. The zero-order valence-electron chi connectivity index (χ0n) is 14.8. The molecule has 2 saturated heterocycles. The quantitative estimate of drug-likeness (QED) is 0.823. The molecule has 4 rings (SSSR count). The average molecular weight is 356 g/mol. The fourth-order valence-electron chi connectivity index (χ4n) is 3.44. The summed E-state index contributed by atoms with van der Waals surface area (Å²) in [5.74, 6) is 1.69. The van der Waals surface area contributed by atoms with E-state index in [1.165, 1.54) is 0 Å². The average Bonchev–Trinajstić information content (AvgIpc) is 3.33. The summed E-state index contributed by atoms with van der Waals surface area (Å²) in [6, 6.07) is 11.6. The summed E-state index contributed by atoms with van der Waals surface area (Å²) in [5, 5.41) is 0.